The minimum absolute atomic E-state index is 0.184. The van der Waals surface area contributed by atoms with Crippen LogP contribution in [-0.2, 0) is 13.1 Å². The summed E-state index contributed by atoms with van der Waals surface area (Å²) in [5.41, 5.74) is 0.931. The first kappa shape index (κ1) is 14.8. The van der Waals surface area contributed by atoms with Crippen LogP contribution in [0.5, 0.6) is 0 Å². The monoisotopic (exact) mass is 293 g/mol. The van der Waals surface area contributed by atoms with Crippen LogP contribution < -0.4 is 11.0 Å². The normalized spacial score (nSPS) is 10.9. The van der Waals surface area contributed by atoms with E-state index >= 15 is 0 Å². The Morgan fingerprint density at radius 1 is 1.45 bits per heavy atom. The first-order chi connectivity index (χ1) is 9.76. The number of hydrogen-bond donors (Lipinski definition) is 2. The lowest BCUT2D eigenvalue weighted by Gasteiger charge is -2.08. The van der Waals surface area contributed by atoms with Crippen LogP contribution in [0.3, 0.4) is 0 Å². The number of H-pyrrole nitrogens is 1. The van der Waals surface area contributed by atoms with Crippen LogP contribution in [0.2, 0.25) is 0 Å². The van der Waals surface area contributed by atoms with Crippen molar-refractivity contribution in [3.8, 4) is 0 Å². The average Bonchev–Trinajstić information content (AvgIpc) is 2.81. The third-order valence-corrected chi connectivity index (χ3v) is 3.87. The van der Waals surface area contributed by atoms with Crippen molar-refractivity contribution in [2.45, 2.75) is 43.5 Å². The predicted molar refractivity (Wildman–Crippen MR) is 78.9 cm³/mol. The Bertz CT molecular complexity index is 607. The van der Waals surface area contributed by atoms with Gasteiger partial charge in [0.2, 0.25) is 0 Å². The van der Waals surface area contributed by atoms with Crippen LogP contribution in [0.1, 0.15) is 25.8 Å². The van der Waals surface area contributed by atoms with E-state index in [0.717, 1.165) is 30.1 Å². The molecule has 108 valence electrons. The second-order valence-corrected chi connectivity index (χ2v) is 5.26. The Morgan fingerprint density at radius 3 is 3.05 bits per heavy atom. The molecule has 2 rings (SSSR count). The van der Waals surface area contributed by atoms with Gasteiger partial charge in [0.15, 0.2) is 5.16 Å². The Morgan fingerprint density at radius 2 is 2.30 bits per heavy atom. The summed E-state index contributed by atoms with van der Waals surface area (Å²) in [7, 11) is 0. The van der Waals surface area contributed by atoms with Gasteiger partial charge < -0.3 is 5.32 Å². The largest absolute Gasteiger partial charge is 0.343 e. The Balaban J connectivity index is 2.18. The highest BCUT2D eigenvalue weighted by molar-refractivity contribution is 7.99. The van der Waals surface area contributed by atoms with Crippen molar-refractivity contribution in [1.29, 1.82) is 0 Å². The van der Waals surface area contributed by atoms with E-state index < -0.39 is 0 Å². The molecule has 0 amide bonds. The van der Waals surface area contributed by atoms with Gasteiger partial charge in [-0.1, -0.05) is 13.0 Å². The molecule has 6 nitrogen and oxygen atoms in total. The first-order valence-corrected chi connectivity index (χ1v) is 7.55. The van der Waals surface area contributed by atoms with Gasteiger partial charge in [0, 0.05) is 19.3 Å². The number of pyridine rings is 1. The van der Waals surface area contributed by atoms with Crippen LogP contribution in [0.15, 0.2) is 33.3 Å². The summed E-state index contributed by atoms with van der Waals surface area (Å²) in [5, 5.41) is 11.4. The van der Waals surface area contributed by atoms with Gasteiger partial charge in [0.1, 0.15) is 5.03 Å². The topological polar surface area (TPSA) is 75.6 Å². The van der Waals surface area contributed by atoms with Crippen LogP contribution in [-0.4, -0.2) is 26.3 Å². The van der Waals surface area contributed by atoms with Crippen LogP contribution in [0.4, 0.5) is 0 Å². The van der Waals surface area contributed by atoms with Gasteiger partial charge in [-0.25, -0.2) is 14.9 Å². The van der Waals surface area contributed by atoms with E-state index in [9.17, 15) is 4.79 Å². The summed E-state index contributed by atoms with van der Waals surface area (Å²) >= 11 is 1.41. The lowest BCUT2D eigenvalue weighted by Crippen LogP contribution is -2.16. The zero-order chi connectivity index (χ0) is 14.4. The van der Waals surface area contributed by atoms with Gasteiger partial charge in [0.25, 0.3) is 0 Å². The second kappa shape index (κ2) is 7.25. The van der Waals surface area contributed by atoms with Crippen molar-refractivity contribution in [3.05, 3.63) is 34.4 Å². The van der Waals surface area contributed by atoms with Crippen molar-refractivity contribution >= 4 is 11.8 Å². The number of aromatic nitrogens is 4. The minimum Gasteiger partial charge on any atom is -0.313 e. The van der Waals surface area contributed by atoms with Gasteiger partial charge in [-0.05, 0) is 43.3 Å². The van der Waals surface area contributed by atoms with Crippen molar-refractivity contribution in [2.75, 3.05) is 6.54 Å². The molecule has 0 saturated heterocycles. The number of hydrogen-bond acceptors (Lipinski definition) is 5. The summed E-state index contributed by atoms with van der Waals surface area (Å²) < 4.78 is 1.60. The Kier molecular flexibility index (Phi) is 5.37. The molecule has 20 heavy (non-hydrogen) atoms. The number of nitrogens with one attached hydrogen (secondary N) is 2. The molecule has 2 heterocycles. The number of nitrogens with zero attached hydrogens (tertiary/aromatic N) is 3. The summed E-state index contributed by atoms with van der Waals surface area (Å²) in [6.45, 7) is 6.39. The van der Waals surface area contributed by atoms with E-state index in [-0.39, 0.29) is 5.69 Å². The lowest BCUT2D eigenvalue weighted by atomic mass is 10.3. The highest BCUT2D eigenvalue weighted by Crippen LogP contribution is 2.26. The highest BCUT2D eigenvalue weighted by atomic mass is 32.2. The van der Waals surface area contributed by atoms with Gasteiger partial charge in [0.05, 0.1) is 0 Å². The van der Waals surface area contributed by atoms with Crippen LogP contribution >= 0.6 is 11.8 Å². The molecular weight excluding hydrogens is 274 g/mol. The van der Waals surface area contributed by atoms with Gasteiger partial charge in [-0.3, -0.25) is 4.57 Å². The molecule has 0 aliphatic heterocycles. The molecule has 0 aromatic carbocycles. The predicted octanol–water partition coefficient (Wildman–Crippen LogP) is 1.64. The molecule has 0 unspecified atom stereocenters. The second-order valence-electron chi connectivity index (χ2n) is 4.30. The highest BCUT2D eigenvalue weighted by Gasteiger charge is 2.12. The fourth-order valence-corrected chi connectivity index (χ4v) is 2.77. The average molecular weight is 293 g/mol. The number of aromatic amines is 1. The molecule has 2 N–H and O–H groups in total. The molecule has 7 heteroatoms. The van der Waals surface area contributed by atoms with Gasteiger partial charge in [-0.2, -0.15) is 0 Å². The van der Waals surface area contributed by atoms with Gasteiger partial charge >= 0.3 is 5.69 Å². The smallest absolute Gasteiger partial charge is 0.313 e. The van der Waals surface area contributed by atoms with E-state index in [1.54, 1.807) is 10.8 Å². The zero-order valence-corrected chi connectivity index (χ0v) is 12.5. The van der Waals surface area contributed by atoms with Crippen molar-refractivity contribution in [2.24, 2.45) is 0 Å². The molecule has 0 fully saturated rings. The fraction of sp³-hybridized carbons (Fsp3) is 0.462. The van der Waals surface area contributed by atoms with Crippen molar-refractivity contribution in [3.63, 3.8) is 0 Å². The molecule has 0 spiro atoms. The quantitative estimate of drug-likeness (QED) is 0.759. The van der Waals surface area contributed by atoms with Gasteiger partial charge in [-0.15, -0.1) is 5.10 Å². The summed E-state index contributed by atoms with van der Waals surface area (Å²) in [6.07, 6.45) is 2.85. The molecule has 0 aliphatic rings. The molecule has 0 saturated carbocycles. The summed E-state index contributed by atoms with van der Waals surface area (Å²) in [4.78, 5) is 15.9. The van der Waals surface area contributed by atoms with E-state index in [0.29, 0.717) is 11.7 Å². The third-order valence-electron chi connectivity index (χ3n) is 2.82. The van der Waals surface area contributed by atoms with E-state index in [1.165, 1.54) is 11.8 Å². The number of rotatable bonds is 7. The van der Waals surface area contributed by atoms with Crippen molar-refractivity contribution in [1.82, 2.24) is 25.1 Å². The maximum Gasteiger partial charge on any atom is 0.343 e. The SMILES string of the molecule is CCCNCc1cccnc1Sc1n[nH]c(=O)n1CC. The van der Waals surface area contributed by atoms with Crippen LogP contribution in [0, 0.1) is 0 Å². The van der Waals surface area contributed by atoms with E-state index in [1.807, 2.05) is 19.1 Å². The molecule has 0 atom stereocenters. The Labute approximate surface area is 122 Å². The molecule has 2 aromatic heterocycles. The van der Waals surface area contributed by atoms with Crippen molar-refractivity contribution < 1.29 is 0 Å². The maximum atomic E-state index is 11.6. The molecule has 0 radical (unpaired) electrons. The summed E-state index contributed by atoms with van der Waals surface area (Å²) in [5.74, 6) is 0. The summed E-state index contributed by atoms with van der Waals surface area (Å²) in [6, 6.07) is 3.96. The van der Waals surface area contributed by atoms with E-state index in [4.69, 9.17) is 0 Å². The molecular formula is C13H19N5OS. The zero-order valence-electron chi connectivity index (χ0n) is 11.7. The maximum absolute atomic E-state index is 11.6. The molecule has 2 aromatic rings. The first-order valence-electron chi connectivity index (χ1n) is 6.74. The standard InChI is InChI=1S/C13H19N5OS/c1-3-7-14-9-10-6-5-8-15-11(10)20-13-17-16-12(19)18(13)4-2/h5-6,8,14H,3-4,7,9H2,1-2H3,(H,16,19). The Hall–Kier alpha value is -1.60. The van der Waals surface area contributed by atoms with Crippen LogP contribution in [0.25, 0.3) is 0 Å². The molecule has 0 bridgehead atoms. The van der Waals surface area contributed by atoms with E-state index in [2.05, 4.69) is 27.4 Å². The fourth-order valence-electron chi connectivity index (χ4n) is 1.80. The molecule has 0 aliphatic carbocycles. The minimum atomic E-state index is -0.184. The lowest BCUT2D eigenvalue weighted by molar-refractivity contribution is 0.655. The third kappa shape index (κ3) is 3.49.